The highest BCUT2D eigenvalue weighted by Gasteiger charge is 2.07. The Hall–Kier alpha value is -2.85. The second kappa shape index (κ2) is 12.6. The molecule has 0 radical (unpaired) electrons. The van der Waals surface area contributed by atoms with Crippen LogP contribution in [0.5, 0.6) is 0 Å². The Balaban J connectivity index is 5.10. The quantitative estimate of drug-likeness (QED) is 0.559. The van der Waals surface area contributed by atoms with Crippen LogP contribution in [0.1, 0.15) is 0 Å². The molecule has 0 saturated heterocycles. The van der Waals surface area contributed by atoms with Crippen molar-refractivity contribution in [3.63, 3.8) is 0 Å². The van der Waals surface area contributed by atoms with E-state index in [1.807, 2.05) is 0 Å². The van der Waals surface area contributed by atoms with Crippen molar-refractivity contribution in [3.05, 3.63) is 64.2 Å². The zero-order valence-electron chi connectivity index (χ0n) is 10.9. The van der Waals surface area contributed by atoms with Crippen LogP contribution in [0.4, 0.5) is 0 Å². The summed E-state index contributed by atoms with van der Waals surface area (Å²) in [5, 5.41) is 17.5. The summed E-state index contributed by atoms with van der Waals surface area (Å²) in [5.74, 6) is -0.388. The van der Waals surface area contributed by atoms with E-state index in [-0.39, 0.29) is 32.2 Å². The first kappa shape index (κ1) is 17.2. The third-order valence-electron chi connectivity index (χ3n) is 1.78. The molecule has 0 aromatic rings. The van der Waals surface area contributed by atoms with Crippen molar-refractivity contribution in [2.24, 2.45) is 0 Å². The Bertz CT molecular complexity index is 657. The molecule has 0 aliphatic rings. The Morgan fingerprint density at radius 1 is 0.950 bits per heavy atom. The summed E-state index contributed by atoms with van der Waals surface area (Å²) in [4.78, 5) is 12.8. The Morgan fingerprint density at radius 2 is 1.45 bits per heavy atom. The normalized spacial score (nSPS) is 6.90. The average molecular weight is 267 g/mol. The Labute approximate surface area is 117 Å². The maximum atomic E-state index is 11.6. The first-order valence-corrected chi connectivity index (χ1v) is 5.62. The van der Waals surface area contributed by atoms with E-state index in [4.69, 9.17) is 10.2 Å². The van der Waals surface area contributed by atoms with E-state index < -0.39 is 0 Å². The summed E-state index contributed by atoms with van der Waals surface area (Å²) in [6.45, 7) is 3.22. The highest BCUT2D eigenvalue weighted by molar-refractivity contribution is 5.87. The summed E-state index contributed by atoms with van der Waals surface area (Å²) in [5.41, 5.74) is 21.8. The van der Waals surface area contributed by atoms with E-state index in [1.54, 1.807) is 0 Å². The van der Waals surface area contributed by atoms with Gasteiger partial charge in [0.25, 0.3) is 5.91 Å². The van der Waals surface area contributed by atoms with E-state index in [1.165, 1.54) is 4.90 Å². The van der Waals surface area contributed by atoms with Crippen LogP contribution in [0.25, 0.3) is 0 Å². The summed E-state index contributed by atoms with van der Waals surface area (Å²) in [6.07, 6.45) is 1.12. The van der Waals surface area contributed by atoms with Crippen LogP contribution in [-0.2, 0) is 4.79 Å². The molecular weight excluding hydrogens is 254 g/mol. The van der Waals surface area contributed by atoms with E-state index >= 15 is 0 Å². The summed E-state index contributed by atoms with van der Waals surface area (Å²) in [7, 11) is 0. The van der Waals surface area contributed by atoms with E-state index in [9.17, 15) is 4.79 Å². The van der Waals surface area contributed by atoms with Gasteiger partial charge in [0.05, 0.1) is 19.3 Å². The molecule has 0 saturated carbocycles. The van der Waals surface area contributed by atoms with Gasteiger partial charge in [0.2, 0.25) is 0 Å². The molecule has 100 valence electrons. The predicted molar refractivity (Wildman–Crippen MR) is 72.6 cm³/mol. The number of hydrogen-bond acceptors (Lipinski definition) is 3. The molecule has 0 spiro atoms. The standard InChI is InChI=1S/C16H13NO3/c1-2-3-4-5-6-7-8-9-10-11-16(20)17(12-14-18)13-15-19/h11,18-19H,1,12-15H2. The second-order valence-electron chi connectivity index (χ2n) is 3.11. The van der Waals surface area contributed by atoms with Crippen LogP contribution in [0, 0.1) is 0 Å². The molecule has 0 unspecified atom stereocenters. The molecule has 2 N–H and O–H groups in total. The first-order valence-electron chi connectivity index (χ1n) is 5.62. The minimum atomic E-state index is -0.388. The summed E-state index contributed by atoms with van der Waals surface area (Å²) >= 11 is 0. The SMILES string of the molecule is C=C=C=C=C=C=C=C=C=C=CC(=O)N(CCO)CCO. The van der Waals surface area contributed by atoms with E-state index in [0.717, 1.165) is 6.08 Å². The molecular formula is C16H13NO3. The molecule has 0 aliphatic carbocycles. The van der Waals surface area contributed by atoms with Gasteiger partial charge in [-0.3, -0.25) is 4.79 Å². The number of aliphatic hydroxyl groups is 2. The monoisotopic (exact) mass is 267 g/mol. The molecule has 1 amide bonds. The van der Waals surface area contributed by atoms with Crippen LogP contribution < -0.4 is 0 Å². The van der Waals surface area contributed by atoms with E-state index in [2.05, 4.69) is 58.2 Å². The predicted octanol–water partition coefficient (Wildman–Crippen LogP) is 0.381. The lowest BCUT2D eigenvalue weighted by Gasteiger charge is -2.17. The zero-order valence-corrected chi connectivity index (χ0v) is 10.9. The van der Waals surface area contributed by atoms with Crippen molar-refractivity contribution in [2.45, 2.75) is 0 Å². The molecule has 0 aromatic heterocycles. The molecule has 4 heteroatoms. The molecule has 0 aliphatic heterocycles. The van der Waals surface area contributed by atoms with Gasteiger partial charge in [0.1, 0.15) is 0 Å². The van der Waals surface area contributed by atoms with Crippen molar-refractivity contribution in [2.75, 3.05) is 26.3 Å². The molecule has 0 heterocycles. The number of carbonyl (C=O) groups is 1. The van der Waals surface area contributed by atoms with Crippen LogP contribution >= 0.6 is 0 Å². The van der Waals surface area contributed by atoms with Gasteiger partial charge in [-0.15, -0.1) is 0 Å². The Kier molecular flexibility index (Phi) is 10.8. The highest BCUT2D eigenvalue weighted by atomic mass is 16.3. The average Bonchev–Trinajstić information content (AvgIpc) is 2.45. The van der Waals surface area contributed by atoms with Gasteiger partial charge >= 0.3 is 0 Å². The maximum absolute atomic E-state index is 11.6. The number of amides is 1. The van der Waals surface area contributed by atoms with Crippen molar-refractivity contribution < 1.29 is 15.0 Å². The number of rotatable bonds is 5. The minimum Gasteiger partial charge on any atom is -0.395 e. The van der Waals surface area contributed by atoms with Gasteiger partial charge in [-0.2, -0.15) is 0 Å². The number of aliphatic hydroxyl groups excluding tert-OH is 2. The fourth-order valence-corrected chi connectivity index (χ4v) is 0.999. The molecule has 0 bridgehead atoms. The summed E-state index contributed by atoms with van der Waals surface area (Å²) < 4.78 is 0. The van der Waals surface area contributed by atoms with Crippen LogP contribution in [0.2, 0.25) is 0 Å². The minimum absolute atomic E-state index is 0.147. The van der Waals surface area contributed by atoms with Gasteiger partial charge in [0, 0.05) is 13.1 Å². The lowest BCUT2D eigenvalue weighted by Crippen LogP contribution is -2.34. The third-order valence-corrected chi connectivity index (χ3v) is 1.78. The van der Waals surface area contributed by atoms with Crippen molar-refractivity contribution in [3.8, 4) is 0 Å². The van der Waals surface area contributed by atoms with Crippen molar-refractivity contribution in [1.82, 2.24) is 4.90 Å². The molecule has 0 atom stereocenters. The van der Waals surface area contributed by atoms with E-state index in [0.29, 0.717) is 0 Å². The van der Waals surface area contributed by atoms with Gasteiger partial charge in [-0.05, 0) is 46.7 Å². The van der Waals surface area contributed by atoms with Crippen LogP contribution in [-0.4, -0.2) is 47.3 Å². The number of hydrogen-bond donors (Lipinski definition) is 2. The molecule has 0 rings (SSSR count). The molecule has 0 fully saturated rings. The fourth-order valence-electron chi connectivity index (χ4n) is 0.999. The second-order valence-corrected chi connectivity index (χ2v) is 3.11. The van der Waals surface area contributed by atoms with Crippen LogP contribution in [0.15, 0.2) is 64.2 Å². The molecule has 0 aromatic carbocycles. The molecule has 20 heavy (non-hydrogen) atoms. The smallest absolute Gasteiger partial charge is 0.255 e. The zero-order chi connectivity index (χ0) is 15.1. The van der Waals surface area contributed by atoms with Gasteiger partial charge in [-0.25, -0.2) is 0 Å². The summed E-state index contributed by atoms with van der Waals surface area (Å²) in [6, 6.07) is 0. The maximum Gasteiger partial charge on any atom is 0.255 e. The first-order chi connectivity index (χ1) is 9.76. The van der Waals surface area contributed by atoms with Gasteiger partial charge < -0.3 is 15.1 Å². The fraction of sp³-hybridized carbons (Fsp3) is 0.250. The molecule has 4 nitrogen and oxygen atoms in total. The lowest BCUT2D eigenvalue weighted by atomic mass is 10.4. The van der Waals surface area contributed by atoms with Gasteiger partial charge in [-0.1, -0.05) is 11.5 Å². The lowest BCUT2D eigenvalue weighted by molar-refractivity contribution is -0.127. The number of carbonyl (C=O) groups excluding carboxylic acids is 1. The largest absolute Gasteiger partial charge is 0.395 e. The third kappa shape index (κ3) is 9.21. The van der Waals surface area contributed by atoms with Crippen molar-refractivity contribution in [1.29, 1.82) is 0 Å². The number of nitrogens with zero attached hydrogens (tertiary/aromatic N) is 1. The highest BCUT2D eigenvalue weighted by Crippen LogP contribution is 1.89. The van der Waals surface area contributed by atoms with Crippen molar-refractivity contribution >= 4 is 5.91 Å². The van der Waals surface area contributed by atoms with Gasteiger partial charge in [0.15, 0.2) is 0 Å². The van der Waals surface area contributed by atoms with Crippen LogP contribution in [0.3, 0.4) is 0 Å². The Morgan fingerprint density at radius 3 is 1.95 bits per heavy atom. The topological polar surface area (TPSA) is 60.8 Å².